The third-order valence-corrected chi connectivity index (χ3v) is 4.94. The second-order valence-electron chi connectivity index (χ2n) is 7.09. The SMILES string of the molecule is CN(C)C[C@@]1(O)CCN(C(=O)[C@@]2(C)CCCCN2C)C1. The van der Waals surface area contributed by atoms with E-state index in [-0.39, 0.29) is 11.4 Å². The van der Waals surface area contributed by atoms with E-state index in [1.54, 1.807) is 0 Å². The molecule has 0 unspecified atom stereocenters. The average molecular weight is 283 g/mol. The predicted octanol–water partition coefficient (Wildman–Crippen LogP) is 0.386. The summed E-state index contributed by atoms with van der Waals surface area (Å²) in [6.45, 7) is 4.79. The Balaban J connectivity index is 2.04. The molecule has 2 saturated heterocycles. The van der Waals surface area contributed by atoms with E-state index in [1.165, 1.54) is 6.42 Å². The summed E-state index contributed by atoms with van der Waals surface area (Å²) in [5, 5.41) is 10.6. The molecule has 5 heteroatoms. The third kappa shape index (κ3) is 3.00. The lowest BCUT2D eigenvalue weighted by Gasteiger charge is -2.43. The topological polar surface area (TPSA) is 47.0 Å². The van der Waals surface area contributed by atoms with Crippen molar-refractivity contribution in [2.75, 3.05) is 47.3 Å². The van der Waals surface area contributed by atoms with E-state index in [1.807, 2.05) is 30.9 Å². The molecule has 2 rings (SSSR count). The van der Waals surface area contributed by atoms with Crippen LogP contribution in [0.2, 0.25) is 0 Å². The van der Waals surface area contributed by atoms with Gasteiger partial charge in [-0.05, 0) is 60.3 Å². The minimum Gasteiger partial charge on any atom is -0.387 e. The molecule has 0 aromatic rings. The van der Waals surface area contributed by atoms with Crippen molar-refractivity contribution >= 4 is 5.91 Å². The number of aliphatic hydroxyl groups is 1. The van der Waals surface area contributed by atoms with Gasteiger partial charge >= 0.3 is 0 Å². The maximum atomic E-state index is 12.9. The van der Waals surface area contributed by atoms with Crippen molar-refractivity contribution in [1.29, 1.82) is 0 Å². The van der Waals surface area contributed by atoms with Crippen LogP contribution in [0.1, 0.15) is 32.6 Å². The third-order valence-electron chi connectivity index (χ3n) is 4.94. The van der Waals surface area contributed by atoms with Crippen LogP contribution in [0.3, 0.4) is 0 Å². The first-order valence-electron chi connectivity index (χ1n) is 7.65. The Morgan fingerprint density at radius 3 is 2.55 bits per heavy atom. The van der Waals surface area contributed by atoms with Gasteiger partial charge in [-0.2, -0.15) is 0 Å². The maximum Gasteiger partial charge on any atom is 0.242 e. The molecule has 1 N–H and O–H groups in total. The fraction of sp³-hybridized carbons (Fsp3) is 0.933. The number of piperidine rings is 1. The molecular formula is C15H29N3O2. The lowest BCUT2D eigenvalue weighted by molar-refractivity contribution is -0.145. The first kappa shape index (κ1) is 15.7. The van der Waals surface area contributed by atoms with Gasteiger partial charge < -0.3 is 14.9 Å². The molecule has 0 aromatic heterocycles. The fourth-order valence-electron chi connectivity index (χ4n) is 3.61. The highest BCUT2D eigenvalue weighted by atomic mass is 16.3. The van der Waals surface area contributed by atoms with Crippen molar-refractivity contribution in [1.82, 2.24) is 14.7 Å². The molecule has 0 aromatic carbocycles. The van der Waals surface area contributed by atoms with Crippen LogP contribution in [0.25, 0.3) is 0 Å². The number of rotatable bonds is 3. The molecule has 1 amide bonds. The largest absolute Gasteiger partial charge is 0.387 e. The van der Waals surface area contributed by atoms with Gasteiger partial charge in [0, 0.05) is 13.1 Å². The van der Waals surface area contributed by atoms with Crippen LogP contribution in [0.15, 0.2) is 0 Å². The molecule has 2 atom stereocenters. The van der Waals surface area contributed by atoms with E-state index in [0.29, 0.717) is 26.1 Å². The van der Waals surface area contributed by atoms with Crippen LogP contribution in [0.5, 0.6) is 0 Å². The zero-order valence-corrected chi connectivity index (χ0v) is 13.4. The lowest BCUT2D eigenvalue weighted by Crippen LogP contribution is -2.58. The Labute approximate surface area is 122 Å². The second-order valence-corrected chi connectivity index (χ2v) is 7.09. The number of carbonyl (C=O) groups excluding carboxylic acids is 1. The van der Waals surface area contributed by atoms with Gasteiger partial charge in [-0.15, -0.1) is 0 Å². The van der Waals surface area contributed by atoms with Crippen molar-refractivity contribution < 1.29 is 9.90 Å². The van der Waals surface area contributed by atoms with Crippen LogP contribution < -0.4 is 0 Å². The summed E-state index contributed by atoms with van der Waals surface area (Å²) in [4.78, 5) is 18.9. The molecule has 0 bridgehead atoms. The lowest BCUT2D eigenvalue weighted by atomic mass is 9.87. The summed E-state index contributed by atoms with van der Waals surface area (Å²) in [5.74, 6) is 0.189. The molecule has 2 aliphatic heterocycles. The van der Waals surface area contributed by atoms with E-state index < -0.39 is 5.60 Å². The van der Waals surface area contributed by atoms with Gasteiger partial charge in [0.1, 0.15) is 0 Å². The van der Waals surface area contributed by atoms with Crippen molar-refractivity contribution in [3.05, 3.63) is 0 Å². The van der Waals surface area contributed by atoms with Crippen LogP contribution in [0, 0.1) is 0 Å². The van der Waals surface area contributed by atoms with Gasteiger partial charge in [0.15, 0.2) is 0 Å². The molecule has 2 fully saturated rings. The summed E-state index contributed by atoms with van der Waals surface area (Å²) in [6, 6.07) is 0. The summed E-state index contributed by atoms with van der Waals surface area (Å²) in [7, 11) is 5.95. The molecule has 2 aliphatic rings. The monoisotopic (exact) mass is 283 g/mol. The van der Waals surface area contributed by atoms with Gasteiger partial charge in [0.2, 0.25) is 5.91 Å². The number of carbonyl (C=O) groups is 1. The van der Waals surface area contributed by atoms with E-state index in [2.05, 4.69) is 11.8 Å². The summed E-state index contributed by atoms with van der Waals surface area (Å²) in [6.07, 6.45) is 3.88. The number of amides is 1. The summed E-state index contributed by atoms with van der Waals surface area (Å²) in [5.41, 5.74) is -1.13. The molecule has 2 heterocycles. The number of hydrogen-bond acceptors (Lipinski definition) is 4. The van der Waals surface area contributed by atoms with Crippen molar-refractivity contribution in [2.24, 2.45) is 0 Å². The highest BCUT2D eigenvalue weighted by Gasteiger charge is 2.46. The number of likely N-dealkylation sites (tertiary alicyclic amines) is 2. The van der Waals surface area contributed by atoms with Crippen LogP contribution in [0.4, 0.5) is 0 Å². The van der Waals surface area contributed by atoms with E-state index in [0.717, 1.165) is 19.4 Å². The normalized spacial score (nSPS) is 35.8. The van der Waals surface area contributed by atoms with Gasteiger partial charge in [-0.25, -0.2) is 0 Å². The smallest absolute Gasteiger partial charge is 0.242 e. The van der Waals surface area contributed by atoms with E-state index in [9.17, 15) is 9.90 Å². The van der Waals surface area contributed by atoms with Crippen molar-refractivity contribution in [2.45, 2.75) is 43.7 Å². The average Bonchev–Trinajstić information content (AvgIpc) is 2.73. The molecule has 0 spiro atoms. The highest BCUT2D eigenvalue weighted by molar-refractivity contribution is 5.86. The first-order chi connectivity index (χ1) is 9.27. The Bertz CT molecular complexity index is 374. The Morgan fingerprint density at radius 2 is 1.95 bits per heavy atom. The Morgan fingerprint density at radius 1 is 1.25 bits per heavy atom. The van der Waals surface area contributed by atoms with E-state index >= 15 is 0 Å². The minimum absolute atomic E-state index is 0.189. The quantitative estimate of drug-likeness (QED) is 0.814. The summed E-state index contributed by atoms with van der Waals surface area (Å²) < 4.78 is 0. The molecular weight excluding hydrogens is 254 g/mol. The highest BCUT2D eigenvalue weighted by Crippen LogP contribution is 2.31. The van der Waals surface area contributed by atoms with Gasteiger partial charge in [-0.3, -0.25) is 9.69 Å². The predicted molar refractivity (Wildman–Crippen MR) is 79.6 cm³/mol. The molecule has 20 heavy (non-hydrogen) atoms. The number of nitrogens with zero attached hydrogens (tertiary/aromatic N) is 3. The zero-order valence-electron chi connectivity index (χ0n) is 13.4. The number of likely N-dealkylation sites (N-methyl/N-ethyl adjacent to an activating group) is 2. The van der Waals surface area contributed by atoms with Gasteiger partial charge in [0.25, 0.3) is 0 Å². The second kappa shape index (κ2) is 5.62. The standard InChI is InChI=1S/C15H29N3O2/c1-14(7-5-6-9-17(14)4)13(19)18-10-8-15(20,12-18)11-16(2)3/h20H,5-12H2,1-4H3/t14-,15+/m1/s1. The Hall–Kier alpha value is -0.650. The number of hydrogen-bond donors (Lipinski definition) is 1. The number of β-amino-alcohol motifs (C(OH)–C–C–N with tert-alkyl or cyclic N) is 1. The summed E-state index contributed by atoms with van der Waals surface area (Å²) >= 11 is 0. The fourth-order valence-corrected chi connectivity index (χ4v) is 3.61. The molecule has 0 radical (unpaired) electrons. The van der Waals surface area contributed by atoms with Crippen molar-refractivity contribution in [3.8, 4) is 0 Å². The zero-order chi connectivity index (χ0) is 15.0. The molecule has 0 aliphatic carbocycles. The minimum atomic E-state index is -0.747. The molecule has 0 saturated carbocycles. The first-order valence-corrected chi connectivity index (χ1v) is 7.65. The van der Waals surface area contributed by atoms with E-state index in [4.69, 9.17) is 0 Å². The van der Waals surface area contributed by atoms with Crippen LogP contribution in [-0.4, -0.2) is 84.2 Å². The Kier molecular flexibility index (Phi) is 4.42. The van der Waals surface area contributed by atoms with Crippen LogP contribution >= 0.6 is 0 Å². The van der Waals surface area contributed by atoms with Gasteiger partial charge in [0.05, 0.1) is 17.7 Å². The maximum absolute atomic E-state index is 12.9. The molecule has 5 nitrogen and oxygen atoms in total. The van der Waals surface area contributed by atoms with Crippen LogP contribution in [-0.2, 0) is 4.79 Å². The molecule has 116 valence electrons. The van der Waals surface area contributed by atoms with Crippen molar-refractivity contribution in [3.63, 3.8) is 0 Å². The van der Waals surface area contributed by atoms with Gasteiger partial charge in [-0.1, -0.05) is 0 Å².